The number of pyridine rings is 2. The van der Waals surface area contributed by atoms with E-state index in [0.717, 1.165) is 52.4 Å². The summed E-state index contributed by atoms with van der Waals surface area (Å²) < 4.78 is 11.5. The number of methoxy groups -OCH3 is 1. The second-order valence-electron chi connectivity index (χ2n) is 5.96. The summed E-state index contributed by atoms with van der Waals surface area (Å²) in [5.41, 5.74) is 3.85. The van der Waals surface area contributed by atoms with Crippen LogP contribution in [-0.4, -0.2) is 17.1 Å². The van der Waals surface area contributed by atoms with Crippen molar-refractivity contribution in [2.75, 3.05) is 7.11 Å². The van der Waals surface area contributed by atoms with Gasteiger partial charge in [0.25, 0.3) is 0 Å². The normalized spacial score (nSPS) is 11.0. The molecule has 26 heavy (non-hydrogen) atoms. The van der Waals surface area contributed by atoms with Gasteiger partial charge in [-0.25, -0.2) is 0 Å². The summed E-state index contributed by atoms with van der Waals surface area (Å²) in [7, 11) is 1.65. The molecule has 0 amide bonds. The van der Waals surface area contributed by atoms with Crippen molar-refractivity contribution in [1.29, 1.82) is 0 Å². The molecule has 0 spiro atoms. The first-order chi connectivity index (χ1) is 12.8. The largest absolute Gasteiger partial charge is 0.493 e. The van der Waals surface area contributed by atoms with E-state index in [1.54, 1.807) is 19.5 Å². The monoisotopic (exact) mass is 345 g/mol. The van der Waals surface area contributed by atoms with Crippen molar-refractivity contribution in [2.45, 2.75) is 13.1 Å². The van der Waals surface area contributed by atoms with E-state index in [-0.39, 0.29) is 0 Å². The molecule has 3 heterocycles. The second-order valence-corrected chi connectivity index (χ2v) is 5.96. The first kappa shape index (κ1) is 16.3. The molecule has 0 fully saturated rings. The SMILES string of the molecule is COc1ccc(CNCc2cccnc2)c2cc(-c3ccccn3)oc12. The molecule has 0 radical (unpaired) electrons. The molecule has 130 valence electrons. The number of ether oxygens (including phenoxy) is 1. The van der Waals surface area contributed by atoms with Crippen LogP contribution in [0.2, 0.25) is 0 Å². The summed E-state index contributed by atoms with van der Waals surface area (Å²) in [5, 5.41) is 4.49. The van der Waals surface area contributed by atoms with Crippen LogP contribution in [0.4, 0.5) is 0 Å². The van der Waals surface area contributed by atoms with Gasteiger partial charge in [0, 0.05) is 37.1 Å². The number of furan rings is 1. The zero-order valence-electron chi connectivity index (χ0n) is 14.5. The average Bonchev–Trinajstić information content (AvgIpc) is 3.15. The van der Waals surface area contributed by atoms with Crippen LogP contribution in [0.25, 0.3) is 22.4 Å². The minimum atomic E-state index is 0.719. The van der Waals surface area contributed by atoms with E-state index in [1.807, 2.05) is 42.6 Å². The van der Waals surface area contributed by atoms with Gasteiger partial charge in [0.05, 0.1) is 7.11 Å². The maximum atomic E-state index is 6.06. The molecule has 1 aromatic carbocycles. The van der Waals surface area contributed by atoms with E-state index >= 15 is 0 Å². The van der Waals surface area contributed by atoms with Gasteiger partial charge >= 0.3 is 0 Å². The molecule has 0 unspecified atom stereocenters. The van der Waals surface area contributed by atoms with Gasteiger partial charge in [-0.05, 0) is 41.5 Å². The van der Waals surface area contributed by atoms with Crippen LogP contribution in [0.3, 0.4) is 0 Å². The highest BCUT2D eigenvalue weighted by Crippen LogP contribution is 2.35. The van der Waals surface area contributed by atoms with Gasteiger partial charge in [0.2, 0.25) is 0 Å². The smallest absolute Gasteiger partial charge is 0.177 e. The van der Waals surface area contributed by atoms with E-state index in [2.05, 4.69) is 27.4 Å². The fourth-order valence-electron chi connectivity index (χ4n) is 2.95. The summed E-state index contributed by atoms with van der Waals surface area (Å²) in [6.45, 7) is 1.48. The third-order valence-electron chi connectivity index (χ3n) is 4.24. The fraction of sp³-hybridized carbons (Fsp3) is 0.143. The van der Waals surface area contributed by atoms with Crippen LogP contribution in [0.5, 0.6) is 5.75 Å². The number of aromatic nitrogens is 2. The molecule has 0 atom stereocenters. The van der Waals surface area contributed by atoms with Crippen molar-refractivity contribution < 1.29 is 9.15 Å². The van der Waals surface area contributed by atoms with Crippen molar-refractivity contribution in [3.05, 3.63) is 78.2 Å². The van der Waals surface area contributed by atoms with Crippen LogP contribution in [0, 0.1) is 0 Å². The lowest BCUT2D eigenvalue weighted by atomic mass is 10.1. The first-order valence-electron chi connectivity index (χ1n) is 8.45. The van der Waals surface area contributed by atoms with E-state index in [9.17, 15) is 0 Å². The molecule has 4 rings (SSSR count). The van der Waals surface area contributed by atoms with E-state index < -0.39 is 0 Å². The van der Waals surface area contributed by atoms with Gasteiger partial charge in [0.15, 0.2) is 17.1 Å². The Kier molecular flexibility index (Phi) is 4.62. The van der Waals surface area contributed by atoms with E-state index in [1.165, 1.54) is 0 Å². The quantitative estimate of drug-likeness (QED) is 0.568. The van der Waals surface area contributed by atoms with Gasteiger partial charge < -0.3 is 14.5 Å². The number of benzene rings is 1. The first-order valence-corrected chi connectivity index (χ1v) is 8.45. The molecule has 0 aliphatic carbocycles. The Morgan fingerprint density at radius 2 is 2.00 bits per heavy atom. The number of hydrogen-bond donors (Lipinski definition) is 1. The lowest BCUT2D eigenvalue weighted by molar-refractivity contribution is 0.410. The maximum Gasteiger partial charge on any atom is 0.177 e. The molecule has 0 saturated heterocycles. The van der Waals surface area contributed by atoms with Crippen molar-refractivity contribution in [2.24, 2.45) is 0 Å². The maximum absolute atomic E-state index is 6.06. The Labute approximate surface area is 151 Å². The Bertz CT molecular complexity index is 998. The minimum absolute atomic E-state index is 0.719. The second kappa shape index (κ2) is 7.37. The van der Waals surface area contributed by atoms with Crippen LogP contribution < -0.4 is 10.1 Å². The zero-order valence-corrected chi connectivity index (χ0v) is 14.5. The van der Waals surface area contributed by atoms with Crippen LogP contribution in [-0.2, 0) is 13.1 Å². The number of rotatable bonds is 6. The zero-order chi connectivity index (χ0) is 17.8. The molecule has 0 bridgehead atoms. The Morgan fingerprint density at radius 3 is 2.77 bits per heavy atom. The van der Waals surface area contributed by atoms with Crippen molar-refractivity contribution in [3.63, 3.8) is 0 Å². The summed E-state index contributed by atoms with van der Waals surface area (Å²) in [5.74, 6) is 1.46. The van der Waals surface area contributed by atoms with Gasteiger partial charge in [-0.2, -0.15) is 0 Å². The molecule has 0 saturated carbocycles. The Balaban J connectivity index is 1.63. The van der Waals surface area contributed by atoms with Crippen LogP contribution in [0.15, 0.2) is 71.5 Å². The van der Waals surface area contributed by atoms with E-state index in [0.29, 0.717) is 0 Å². The molecule has 0 aliphatic heterocycles. The highest BCUT2D eigenvalue weighted by atomic mass is 16.5. The third-order valence-corrected chi connectivity index (χ3v) is 4.24. The number of fused-ring (bicyclic) bond motifs is 1. The standard InChI is InChI=1S/C21H19N3O2/c1-25-19-8-7-16(14-23-13-15-5-4-9-22-12-15)17-11-20(26-21(17)19)18-6-2-3-10-24-18/h2-12,23H,13-14H2,1H3. The highest BCUT2D eigenvalue weighted by Gasteiger charge is 2.14. The molecule has 5 nitrogen and oxygen atoms in total. The van der Waals surface area contributed by atoms with Gasteiger partial charge in [-0.3, -0.25) is 9.97 Å². The molecule has 0 aliphatic rings. The van der Waals surface area contributed by atoms with Crippen LogP contribution in [0.1, 0.15) is 11.1 Å². The topological polar surface area (TPSA) is 60.2 Å². The molecular formula is C21H19N3O2. The summed E-state index contributed by atoms with van der Waals surface area (Å²) in [6, 6.07) is 15.8. The van der Waals surface area contributed by atoms with Crippen LogP contribution >= 0.6 is 0 Å². The predicted molar refractivity (Wildman–Crippen MR) is 101 cm³/mol. The van der Waals surface area contributed by atoms with Gasteiger partial charge in [-0.15, -0.1) is 0 Å². The third kappa shape index (κ3) is 3.30. The van der Waals surface area contributed by atoms with E-state index in [4.69, 9.17) is 9.15 Å². The summed E-state index contributed by atoms with van der Waals surface area (Å²) >= 11 is 0. The molecule has 3 aromatic heterocycles. The Hall–Kier alpha value is -3.18. The molecular weight excluding hydrogens is 326 g/mol. The number of nitrogens with zero attached hydrogens (tertiary/aromatic N) is 2. The van der Waals surface area contributed by atoms with Gasteiger partial charge in [-0.1, -0.05) is 18.2 Å². The molecule has 1 N–H and O–H groups in total. The summed E-state index contributed by atoms with van der Waals surface area (Å²) in [4.78, 5) is 8.52. The lowest BCUT2D eigenvalue weighted by Crippen LogP contribution is -2.12. The number of nitrogens with one attached hydrogen (secondary N) is 1. The average molecular weight is 345 g/mol. The fourth-order valence-corrected chi connectivity index (χ4v) is 2.95. The van der Waals surface area contributed by atoms with Crippen molar-refractivity contribution >= 4 is 11.0 Å². The van der Waals surface area contributed by atoms with Crippen molar-refractivity contribution in [3.8, 4) is 17.2 Å². The Morgan fingerprint density at radius 1 is 1.04 bits per heavy atom. The molecule has 4 aromatic rings. The summed E-state index contributed by atoms with van der Waals surface area (Å²) in [6.07, 6.45) is 5.41. The number of hydrogen-bond acceptors (Lipinski definition) is 5. The minimum Gasteiger partial charge on any atom is -0.493 e. The lowest BCUT2D eigenvalue weighted by Gasteiger charge is -2.08. The molecule has 5 heteroatoms. The predicted octanol–water partition coefficient (Wildman–Crippen LogP) is 4.19. The van der Waals surface area contributed by atoms with Crippen molar-refractivity contribution in [1.82, 2.24) is 15.3 Å². The van der Waals surface area contributed by atoms with Gasteiger partial charge in [0.1, 0.15) is 5.69 Å². The highest BCUT2D eigenvalue weighted by molar-refractivity contribution is 5.89.